The first-order valence-corrected chi connectivity index (χ1v) is 5.36. The van der Waals surface area contributed by atoms with E-state index in [-0.39, 0.29) is 5.75 Å². The molecule has 1 nitrogen and oxygen atoms in total. The van der Waals surface area contributed by atoms with Crippen molar-refractivity contribution >= 4 is 23.8 Å². The minimum atomic E-state index is 0.122. The van der Waals surface area contributed by atoms with Crippen molar-refractivity contribution in [3.8, 4) is 5.75 Å². The van der Waals surface area contributed by atoms with Gasteiger partial charge in [-0.3, -0.25) is 0 Å². The maximum Gasteiger partial charge on any atom is 0.141 e. The minimum Gasteiger partial charge on any atom is -0.506 e. The van der Waals surface area contributed by atoms with E-state index in [1.165, 1.54) is 0 Å². The summed E-state index contributed by atoms with van der Waals surface area (Å²) in [7, 11) is 0. The third kappa shape index (κ3) is 2.44. The van der Waals surface area contributed by atoms with Crippen LogP contribution in [0.1, 0.15) is 11.1 Å². The van der Waals surface area contributed by atoms with Gasteiger partial charge < -0.3 is 5.11 Å². The smallest absolute Gasteiger partial charge is 0.141 e. The summed E-state index contributed by atoms with van der Waals surface area (Å²) < 4.78 is 0. The van der Waals surface area contributed by atoms with Crippen molar-refractivity contribution in [2.24, 2.45) is 0 Å². The summed E-state index contributed by atoms with van der Waals surface area (Å²) in [6, 6.07) is 15.2. The van der Waals surface area contributed by atoms with Crippen molar-refractivity contribution in [2.45, 2.75) is 0 Å². The van der Waals surface area contributed by atoms with Crippen molar-refractivity contribution < 1.29 is 5.11 Å². The van der Waals surface area contributed by atoms with Crippen molar-refractivity contribution in [3.05, 3.63) is 64.7 Å². The summed E-state index contributed by atoms with van der Waals surface area (Å²) in [5.74, 6) is 0.122. The molecule has 0 aliphatic heterocycles. The Morgan fingerprint density at radius 3 is 2.38 bits per heavy atom. The maximum absolute atomic E-state index is 9.69. The van der Waals surface area contributed by atoms with E-state index in [1.807, 2.05) is 54.6 Å². The molecular formula is C14H11ClO. The van der Waals surface area contributed by atoms with Gasteiger partial charge in [0.1, 0.15) is 5.75 Å². The van der Waals surface area contributed by atoms with Crippen LogP contribution in [0.4, 0.5) is 0 Å². The molecule has 0 unspecified atom stereocenters. The molecule has 0 bridgehead atoms. The van der Waals surface area contributed by atoms with Crippen LogP contribution in [0.2, 0.25) is 5.02 Å². The van der Waals surface area contributed by atoms with E-state index in [2.05, 4.69) is 0 Å². The quantitative estimate of drug-likeness (QED) is 0.766. The average Bonchev–Trinajstić information content (AvgIpc) is 2.32. The van der Waals surface area contributed by atoms with Gasteiger partial charge in [0.15, 0.2) is 0 Å². The molecule has 0 saturated heterocycles. The molecule has 16 heavy (non-hydrogen) atoms. The molecule has 2 rings (SSSR count). The Labute approximate surface area is 99.6 Å². The zero-order valence-electron chi connectivity index (χ0n) is 8.60. The van der Waals surface area contributed by atoms with E-state index < -0.39 is 0 Å². The van der Waals surface area contributed by atoms with Crippen molar-refractivity contribution in [3.63, 3.8) is 0 Å². The lowest BCUT2D eigenvalue weighted by Crippen LogP contribution is -1.75. The second kappa shape index (κ2) is 4.86. The minimum absolute atomic E-state index is 0.122. The summed E-state index contributed by atoms with van der Waals surface area (Å²) in [5, 5.41) is 10.1. The number of hydrogen-bond acceptors (Lipinski definition) is 1. The number of halogens is 1. The fourth-order valence-corrected chi connectivity index (χ4v) is 1.60. The van der Waals surface area contributed by atoms with E-state index in [0.717, 1.165) is 11.1 Å². The van der Waals surface area contributed by atoms with E-state index in [0.29, 0.717) is 5.02 Å². The van der Waals surface area contributed by atoms with E-state index >= 15 is 0 Å². The molecule has 0 saturated carbocycles. The van der Waals surface area contributed by atoms with Gasteiger partial charge >= 0.3 is 0 Å². The lowest BCUT2D eigenvalue weighted by molar-refractivity contribution is 0.474. The molecule has 0 radical (unpaired) electrons. The molecule has 1 N–H and O–H groups in total. The first-order chi connectivity index (χ1) is 7.77. The number of rotatable bonds is 2. The highest BCUT2D eigenvalue weighted by atomic mass is 35.5. The van der Waals surface area contributed by atoms with Crippen LogP contribution in [0.15, 0.2) is 48.5 Å². The Morgan fingerprint density at radius 1 is 0.875 bits per heavy atom. The van der Waals surface area contributed by atoms with Gasteiger partial charge in [0.2, 0.25) is 0 Å². The topological polar surface area (TPSA) is 20.2 Å². The van der Waals surface area contributed by atoms with Gasteiger partial charge in [-0.2, -0.15) is 0 Å². The Hall–Kier alpha value is -1.73. The van der Waals surface area contributed by atoms with Gasteiger partial charge in [0.05, 0.1) is 5.02 Å². The monoisotopic (exact) mass is 230 g/mol. The molecule has 0 fully saturated rings. The number of para-hydroxylation sites is 1. The van der Waals surface area contributed by atoms with Gasteiger partial charge in [-0.25, -0.2) is 0 Å². The Morgan fingerprint density at radius 2 is 1.62 bits per heavy atom. The van der Waals surface area contributed by atoms with Crippen LogP contribution in [0.25, 0.3) is 12.2 Å². The van der Waals surface area contributed by atoms with Crippen LogP contribution in [0.5, 0.6) is 5.75 Å². The number of hydrogen-bond donors (Lipinski definition) is 1. The van der Waals surface area contributed by atoms with Gasteiger partial charge in [0.25, 0.3) is 0 Å². The fraction of sp³-hybridized carbons (Fsp3) is 0. The summed E-state index contributed by atoms with van der Waals surface area (Å²) in [6.07, 6.45) is 3.78. The van der Waals surface area contributed by atoms with Crippen LogP contribution >= 0.6 is 11.6 Å². The lowest BCUT2D eigenvalue weighted by Gasteiger charge is -2.00. The summed E-state index contributed by atoms with van der Waals surface area (Å²) in [6.45, 7) is 0. The van der Waals surface area contributed by atoms with E-state index in [9.17, 15) is 5.11 Å². The predicted octanol–water partition coefficient (Wildman–Crippen LogP) is 4.22. The van der Waals surface area contributed by atoms with Crippen molar-refractivity contribution in [1.29, 1.82) is 0 Å². The van der Waals surface area contributed by atoms with E-state index in [1.54, 1.807) is 6.07 Å². The molecule has 0 amide bonds. The predicted molar refractivity (Wildman–Crippen MR) is 68.5 cm³/mol. The van der Waals surface area contributed by atoms with E-state index in [4.69, 9.17) is 11.6 Å². The normalized spacial score (nSPS) is 10.8. The molecule has 0 atom stereocenters. The molecule has 2 aromatic rings. The second-order valence-electron chi connectivity index (χ2n) is 3.42. The van der Waals surface area contributed by atoms with Crippen LogP contribution in [-0.4, -0.2) is 5.11 Å². The lowest BCUT2D eigenvalue weighted by atomic mass is 10.1. The highest BCUT2D eigenvalue weighted by molar-refractivity contribution is 6.32. The molecule has 0 heterocycles. The van der Waals surface area contributed by atoms with Crippen molar-refractivity contribution in [1.82, 2.24) is 0 Å². The first-order valence-electron chi connectivity index (χ1n) is 4.98. The third-order valence-corrected chi connectivity index (χ3v) is 2.58. The first kappa shape index (κ1) is 10.8. The zero-order valence-corrected chi connectivity index (χ0v) is 9.35. The van der Waals surface area contributed by atoms with Gasteiger partial charge in [-0.1, -0.05) is 66.2 Å². The molecule has 0 aliphatic rings. The molecule has 0 aliphatic carbocycles. The molecule has 80 valence electrons. The number of phenolic OH excluding ortho intramolecular Hbond substituents is 1. The van der Waals surface area contributed by atoms with Gasteiger partial charge in [-0.15, -0.1) is 0 Å². The summed E-state index contributed by atoms with van der Waals surface area (Å²) in [5.41, 5.74) is 1.80. The molecule has 2 aromatic carbocycles. The molecule has 2 heteroatoms. The second-order valence-corrected chi connectivity index (χ2v) is 3.83. The van der Waals surface area contributed by atoms with Crippen LogP contribution in [0, 0.1) is 0 Å². The molecule has 0 aromatic heterocycles. The van der Waals surface area contributed by atoms with Crippen molar-refractivity contribution in [2.75, 3.05) is 0 Å². The number of benzene rings is 2. The third-order valence-electron chi connectivity index (χ3n) is 2.27. The largest absolute Gasteiger partial charge is 0.506 e. The number of aromatic hydroxyl groups is 1. The molecular weight excluding hydrogens is 220 g/mol. The average molecular weight is 231 g/mol. The highest BCUT2D eigenvalue weighted by Gasteiger charge is 2.00. The Kier molecular flexibility index (Phi) is 3.28. The maximum atomic E-state index is 9.69. The van der Waals surface area contributed by atoms with Crippen LogP contribution in [0.3, 0.4) is 0 Å². The zero-order chi connectivity index (χ0) is 11.4. The Balaban J connectivity index is 2.28. The standard InChI is InChI=1S/C14H11ClO/c15-13-8-4-7-12(14(13)16)10-9-11-5-2-1-3-6-11/h1-10,16H/b10-9+. The van der Waals surface area contributed by atoms with Crippen LogP contribution < -0.4 is 0 Å². The fourth-order valence-electron chi connectivity index (χ4n) is 1.42. The molecule has 0 spiro atoms. The van der Waals surface area contributed by atoms with Gasteiger partial charge in [-0.05, 0) is 11.6 Å². The Bertz CT molecular complexity index is 503. The summed E-state index contributed by atoms with van der Waals surface area (Å²) in [4.78, 5) is 0. The number of phenols is 1. The SMILES string of the molecule is Oc1c(Cl)cccc1/C=C/c1ccccc1. The van der Waals surface area contributed by atoms with Gasteiger partial charge in [0, 0.05) is 5.56 Å². The summed E-state index contributed by atoms with van der Waals surface area (Å²) >= 11 is 5.81. The highest BCUT2D eigenvalue weighted by Crippen LogP contribution is 2.28. The van der Waals surface area contributed by atoms with Crippen LogP contribution in [-0.2, 0) is 0 Å².